The second-order valence-corrected chi connectivity index (χ2v) is 6.88. The first-order valence-corrected chi connectivity index (χ1v) is 8.17. The number of aromatic nitrogens is 1. The van der Waals surface area contributed by atoms with Gasteiger partial charge in [0.2, 0.25) is 5.43 Å². The summed E-state index contributed by atoms with van der Waals surface area (Å²) >= 11 is 1.87. The van der Waals surface area contributed by atoms with Crippen LogP contribution in [0.3, 0.4) is 0 Å². The predicted molar refractivity (Wildman–Crippen MR) is 87.0 cm³/mol. The molecule has 2 heterocycles. The van der Waals surface area contributed by atoms with Crippen LogP contribution in [0.15, 0.2) is 35.3 Å². The largest absolute Gasteiger partial charge is 0.360 e. The van der Waals surface area contributed by atoms with Gasteiger partial charge in [-0.15, -0.1) is 0 Å². The number of benzene rings is 1. The van der Waals surface area contributed by atoms with Gasteiger partial charge in [0.1, 0.15) is 5.56 Å². The number of H-pyrrole nitrogens is 1. The molecule has 1 aliphatic rings. The van der Waals surface area contributed by atoms with Crippen LogP contribution in [0.5, 0.6) is 0 Å². The average Bonchev–Trinajstić information content (AvgIpc) is 2.50. The van der Waals surface area contributed by atoms with Crippen molar-refractivity contribution in [2.45, 2.75) is 25.1 Å². The van der Waals surface area contributed by atoms with Crippen molar-refractivity contribution in [3.05, 3.63) is 46.2 Å². The molecule has 0 bridgehead atoms. The number of hydrogen-bond acceptors (Lipinski definition) is 3. The molecule has 2 atom stereocenters. The van der Waals surface area contributed by atoms with Crippen LogP contribution in [0, 0.1) is 0 Å². The number of hydrogen-bond donors (Lipinski definition) is 1. The first-order chi connectivity index (χ1) is 10.1. The number of rotatable bonds is 1. The van der Waals surface area contributed by atoms with Crippen molar-refractivity contribution in [1.29, 1.82) is 0 Å². The van der Waals surface area contributed by atoms with E-state index in [0.717, 1.165) is 11.3 Å². The van der Waals surface area contributed by atoms with Crippen LogP contribution in [0.1, 0.15) is 24.2 Å². The lowest BCUT2D eigenvalue weighted by Crippen LogP contribution is -2.49. The maximum absolute atomic E-state index is 12.7. The van der Waals surface area contributed by atoms with Gasteiger partial charge >= 0.3 is 0 Å². The molecule has 0 spiro atoms. The molecule has 1 aromatic carbocycles. The molecule has 0 radical (unpaired) electrons. The minimum atomic E-state index is -0.188. The quantitative estimate of drug-likeness (QED) is 0.880. The third-order valence-electron chi connectivity index (χ3n) is 4.16. The van der Waals surface area contributed by atoms with E-state index >= 15 is 0 Å². The Labute approximate surface area is 127 Å². The number of carbonyl (C=O) groups excluding carboxylic acids is 1. The zero-order chi connectivity index (χ0) is 15.0. The first-order valence-electron chi connectivity index (χ1n) is 7.12. The van der Waals surface area contributed by atoms with Crippen LogP contribution in [0.25, 0.3) is 10.9 Å². The molecule has 1 N–H and O–H groups in total. The van der Waals surface area contributed by atoms with Crippen molar-refractivity contribution >= 4 is 28.6 Å². The molecule has 0 aliphatic carbocycles. The number of fused-ring (bicyclic) bond motifs is 1. The fraction of sp³-hybridized carbons (Fsp3) is 0.375. The Kier molecular flexibility index (Phi) is 3.76. The summed E-state index contributed by atoms with van der Waals surface area (Å²) in [5.41, 5.74) is 0.807. The molecule has 0 unspecified atom stereocenters. The van der Waals surface area contributed by atoms with Gasteiger partial charge in [0, 0.05) is 40.7 Å². The van der Waals surface area contributed by atoms with Crippen LogP contribution in [0.4, 0.5) is 0 Å². The Morgan fingerprint density at radius 2 is 2.10 bits per heavy atom. The standard InChI is InChI=1S/C16H18N2O2S/c1-10-11(2)21-8-7-18(10)16(20)13-9-17-14-6-4-3-5-12(14)15(13)19/h3-6,9-11H,7-8H2,1-2H3,(H,17,19)/t10-,11-/m1/s1. The number of nitrogens with zero attached hydrogens (tertiary/aromatic N) is 1. The molecule has 2 aromatic rings. The lowest BCUT2D eigenvalue weighted by molar-refractivity contribution is 0.0696. The highest BCUT2D eigenvalue weighted by Crippen LogP contribution is 2.25. The van der Waals surface area contributed by atoms with Crippen molar-refractivity contribution in [2.24, 2.45) is 0 Å². The highest BCUT2D eigenvalue weighted by atomic mass is 32.2. The molecule has 0 saturated carbocycles. The van der Waals surface area contributed by atoms with E-state index in [1.54, 1.807) is 12.3 Å². The number of carbonyl (C=O) groups is 1. The molecule has 1 fully saturated rings. The second-order valence-electron chi connectivity index (χ2n) is 5.39. The topological polar surface area (TPSA) is 53.2 Å². The SMILES string of the molecule is C[C@@H]1[C@@H](C)SCCN1C(=O)c1c[nH]c2ccccc2c1=O. The van der Waals surface area contributed by atoms with Gasteiger partial charge in [0.05, 0.1) is 0 Å². The van der Waals surface area contributed by atoms with Crippen LogP contribution < -0.4 is 5.43 Å². The van der Waals surface area contributed by atoms with Gasteiger partial charge in [0.25, 0.3) is 5.91 Å². The number of aromatic amines is 1. The van der Waals surface area contributed by atoms with Gasteiger partial charge < -0.3 is 9.88 Å². The number of amides is 1. The predicted octanol–water partition coefficient (Wildman–Crippen LogP) is 2.49. The number of pyridine rings is 1. The van der Waals surface area contributed by atoms with Crippen LogP contribution in [-0.4, -0.2) is 39.4 Å². The van der Waals surface area contributed by atoms with Gasteiger partial charge in [-0.05, 0) is 19.1 Å². The fourth-order valence-corrected chi connectivity index (χ4v) is 3.80. The van der Waals surface area contributed by atoms with Gasteiger partial charge in [-0.2, -0.15) is 11.8 Å². The zero-order valence-corrected chi connectivity index (χ0v) is 12.9. The highest BCUT2D eigenvalue weighted by Gasteiger charge is 2.30. The third kappa shape index (κ3) is 2.46. The lowest BCUT2D eigenvalue weighted by Gasteiger charge is -2.37. The van der Waals surface area contributed by atoms with Crippen LogP contribution in [0.2, 0.25) is 0 Å². The Balaban J connectivity index is 2.02. The van der Waals surface area contributed by atoms with Crippen LogP contribution >= 0.6 is 11.8 Å². The fourth-order valence-electron chi connectivity index (χ4n) is 2.70. The van der Waals surface area contributed by atoms with Crippen molar-refractivity contribution < 1.29 is 4.79 Å². The summed E-state index contributed by atoms with van der Waals surface area (Å²) in [5.74, 6) is 0.754. The molecule has 1 saturated heterocycles. The van der Waals surface area contributed by atoms with E-state index in [-0.39, 0.29) is 22.9 Å². The normalized spacial score (nSPS) is 22.5. The molecule has 21 heavy (non-hydrogen) atoms. The molecule has 110 valence electrons. The minimum Gasteiger partial charge on any atom is -0.360 e. The summed E-state index contributed by atoms with van der Waals surface area (Å²) < 4.78 is 0. The highest BCUT2D eigenvalue weighted by molar-refractivity contribution is 8.00. The smallest absolute Gasteiger partial charge is 0.259 e. The monoisotopic (exact) mass is 302 g/mol. The molecular weight excluding hydrogens is 284 g/mol. The first kappa shape index (κ1) is 14.2. The number of para-hydroxylation sites is 1. The summed E-state index contributed by atoms with van der Waals surface area (Å²) in [6.45, 7) is 4.87. The van der Waals surface area contributed by atoms with E-state index in [9.17, 15) is 9.59 Å². The van der Waals surface area contributed by atoms with E-state index < -0.39 is 0 Å². The van der Waals surface area contributed by atoms with Crippen molar-refractivity contribution in [2.75, 3.05) is 12.3 Å². The summed E-state index contributed by atoms with van der Waals surface area (Å²) in [6, 6.07) is 7.41. The molecule has 1 aromatic heterocycles. The van der Waals surface area contributed by atoms with Gasteiger partial charge in [0.15, 0.2) is 0 Å². The van der Waals surface area contributed by atoms with Crippen molar-refractivity contribution in [1.82, 2.24) is 9.88 Å². The number of thioether (sulfide) groups is 1. The van der Waals surface area contributed by atoms with Gasteiger partial charge in [-0.1, -0.05) is 19.1 Å². The Morgan fingerprint density at radius 3 is 2.90 bits per heavy atom. The molecule has 3 rings (SSSR count). The third-order valence-corrected chi connectivity index (χ3v) is 5.50. The van der Waals surface area contributed by atoms with Gasteiger partial charge in [-0.25, -0.2) is 0 Å². The van der Waals surface area contributed by atoms with Crippen molar-refractivity contribution in [3.63, 3.8) is 0 Å². The van der Waals surface area contributed by atoms with Crippen molar-refractivity contribution in [3.8, 4) is 0 Å². The molecular formula is C16H18N2O2S. The zero-order valence-electron chi connectivity index (χ0n) is 12.1. The van der Waals surface area contributed by atoms with E-state index in [1.807, 2.05) is 41.8 Å². The summed E-state index contributed by atoms with van der Waals surface area (Å²) in [5, 5.41) is 0.956. The molecule has 1 aliphatic heterocycles. The van der Waals surface area contributed by atoms with E-state index in [0.29, 0.717) is 17.2 Å². The van der Waals surface area contributed by atoms with E-state index in [2.05, 4.69) is 11.9 Å². The Morgan fingerprint density at radius 1 is 1.33 bits per heavy atom. The van der Waals surface area contributed by atoms with E-state index in [4.69, 9.17) is 0 Å². The maximum atomic E-state index is 12.7. The molecule has 4 nitrogen and oxygen atoms in total. The Hall–Kier alpha value is -1.75. The lowest BCUT2D eigenvalue weighted by atomic mass is 10.1. The Bertz CT molecular complexity index is 740. The molecule has 1 amide bonds. The summed E-state index contributed by atoms with van der Waals surface area (Å²) in [4.78, 5) is 30.1. The van der Waals surface area contributed by atoms with Crippen LogP contribution in [-0.2, 0) is 0 Å². The minimum absolute atomic E-state index is 0.141. The summed E-state index contributed by atoms with van der Waals surface area (Å²) in [6.07, 6.45) is 1.55. The average molecular weight is 302 g/mol. The molecule has 5 heteroatoms. The maximum Gasteiger partial charge on any atom is 0.259 e. The van der Waals surface area contributed by atoms with Gasteiger partial charge in [-0.3, -0.25) is 9.59 Å². The number of nitrogens with one attached hydrogen (secondary N) is 1. The van der Waals surface area contributed by atoms with E-state index in [1.165, 1.54) is 0 Å². The second kappa shape index (κ2) is 5.56. The summed E-state index contributed by atoms with van der Waals surface area (Å²) in [7, 11) is 0.